The molecule has 486 valence electrons. The van der Waals surface area contributed by atoms with Crippen molar-refractivity contribution in [2.24, 2.45) is 5.92 Å². The zero-order valence-corrected chi connectivity index (χ0v) is 50.8. The van der Waals surface area contributed by atoms with E-state index in [1.54, 1.807) is 46.9 Å². The maximum absolute atomic E-state index is 15.5. The topological polar surface area (TPSA) is 372 Å². The molecule has 0 spiro atoms. The number of H-pyrrole nitrogens is 1. The van der Waals surface area contributed by atoms with Crippen LogP contribution in [0.15, 0.2) is 36.5 Å². The lowest BCUT2D eigenvalue weighted by atomic mass is 9.76. The lowest BCUT2D eigenvalue weighted by Crippen LogP contribution is -2.58. The van der Waals surface area contributed by atoms with Gasteiger partial charge in [-0.15, -0.1) is 0 Å². The maximum Gasteiger partial charge on any atom is 0.328 e. The number of benzene rings is 3. The van der Waals surface area contributed by atoms with Gasteiger partial charge in [0.25, 0.3) is 0 Å². The molecule has 5 saturated heterocycles. The molecule has 6 aliphatic rings. The number of hydrogen-bond donors (Lipinski definition) is 11. The number of carbonyl (C=O) groups is 3. The van der Waals surface area contributed by atoms with Crippen molar-refractivity contribution in [2.75, 3.05) is 14.2 Å². The third kappa shape index (κ3) is 13.3. The van der Waals surface area contributed by atoms with E-state index < -0.39 is 176 Å². The maximum atomic E-state index is 15.5. The van der Waals surface area contributed by atoms with Crippen molar-refractivity contribution in [3.63, 3.8) is 0 Å². The molecule has 5 aliphatic heterocycles. The number of Topliss-reactive ketones (excluding diaryl/α,β-unsaturated/α-hetero) is 1. The molecule has 0 bridgehead atoms. The van der Waals surface area contributed by atoms with Crippen molar-refractivity contribution in [2.45, 2.75) is 241 Å². The van der Waals surface area contributed by atoms with E-state index in [-0.39, 0.29) is 78.2 Å². The first-order valence-electron chi connectivity index (χ1n) is 30.0. The number of aromatic hydroxyl groups is 2. The monoisotopic (exact) mass is 1240 g/mol. The highest BCUT2D eigenvalue weighted by Crippen LogP contribution is 2.48. The number of ether oxygens (including phenoxy) is 12. The summed E-state index contributed by atoms with van der Waals surface area (Å²) in [6, 6.07) is 7.53. The van der Waals surface area contributed by atoms with Gasteiger partial charge in [-0.1, -0.05) is 18.2 Å². The quantitative estimate of drug-likeness (QED) is 0.0675. The van der Waals surface area contributed by atoms with Crippen LogP contribution in [0.1, 0.15) is 106 Å². The first-order valence-corrected chi connectivity index (χ1v) is 30.0. The molecule has 1 aromatic heterocycles. The van der Waals surface area contributed by atoms with E-state index in [0.717, 1.165) is 16.5 Å². The van der Waals surface area contributed by atoms with Gasteiger partial charge in [0, 0.05) is 74.2 Å². The predicted molar refractivity (Wildman–Crippen MR) is 307 cm³/mol. The first kappa shape index (κ1) is 65.7. The highest BCUT2D eigenvalue weighted by Gasteiger charge is 2.51. The van der Waals surface area contributed by atoms with Gasteiger partial charge in [0.1, 0.15) is 66.0 Å². The number of hydrogen-bond acceptors (Lipinski definition) is 24. The second-order valence-corrected chi connectivity index (χ2v) is 24.7. The normalized spacial score (nSPS) is 37.9. The van der Waals surface area contributed by atoms with Crippen LogP contribution in [0.25, 0.3) is 21.7 Å². The van der Waals surface area contributed by atoms with Crippen LogP contribution in [0.2, 0.25) is 0 Å². The molecule has 1 amide bonds. The van der Waals surface area contributed by atoms with Gasteiger partial charge in [-0.25, -0.2) is 4.79 Å². The molecule has 88 heavy (non-hydrogen) atoms. The zero-order valence-electron chi connectivity index (χ0n) is 50.8. The summed E-state index contributed by atoms with van der Waals surface area (Å²) in [5, 5.41) is 104. The summed E-state index contributed by atoms with van der Waals surface area (Å²) < 4.78 is 72.9. The van der Waals surface area contributed by atoms with Gasteiger partial charge in [0.05, 0.1) is 78.6 Å². The molecule has 1 aliphatic carbocycles. The van der Waals surface area contributed by atoms with Gasteiger partial charge in [-0.3, -0.25) is 9.59 Å². The van der Waals surface area contributed by atoms with E-state index in [4.69, 9.17) is 56.8 Å². The molecule has 3 aromatic carbocycles. The summed E-state index contributed by atoms with van der Waals surface area (Å²) in [4.78, 5) is 47.2. The standard InChI is InChI=1S/C62H84N2O24/c1-24-12-11-13-34-33(23-63-49(24)34)16-36(61(75)78-10)64-60(74)58(77-9)35-15-31-14-32-17-38(84-43-19-39(52(68)27(4)80-43)85-42-18-37(65)51(67)26(3)79-42)25(2)50(66)47(32)55(71)48(31)56(72)57(35)88-45-21-40(53(69)29(6)82-45)86-44-20-41(54(70)28(5)81-44)87-46-22-62(8,76)59(73)30(7)83-46/h11-14,17,23,26-30,35-37,39-46,51-54,57-59,63,65-71,73,76H,15-16,18-22H2,1-10H3,(H,64,74)/t26-,27-,28-,29-,30-,35-,36+,37-,39-,40-,41-,42+,43+,44+,45+,46+,51-,52-,53-,54+,57+,58+,59-,62+/m1/s1. The lowest BCUT2D eigenvalue weighted by Gasteiger charge is -2.46. The number of aliphatic hydroxyl groups excluding tert-OH is 6. The number of para-hydroxylation sites is 1. The number of phenolic OH excluding ortho intramolecular Hbond substituents is 2. The molecule has 24 atom stereocenters. The smallest absolute Gasteiger partial charge is 0.328 e. The SMILES string of the molecule is COC(=O)[C@H](Cc1c[nH]c2c(C)cccc12)NC(=O)[C@@H](OC)[C@@H]1Cc2cc3cc(O[C@H]4C[C@@H](O[C@H]5C[C@@H](O)[C@H](O)[C@@H](C)O5)[C@H](O)[C@@H](C)O4)c(C)c(O)c3c(O)c2C(=O)[C@H]1O[C@H]1C[C@@H](O[C@H]2C[C@@H](O[C@H]3C[C@](C)(O)[C@H](O)[C@@H](C)O3)[C@@H](O)[C@@H](C)O2)[C@H](O)[C@@H](C)O1. The van der Waals surface area contributed by atoms with Gasteiger partial charge in [-0.05, 0) is 96.0 Å². The van der Waals surface area contributed by atoms with E-state index in [9.17, 15) is 55.5 Å². The number of ketones is 1. The molecule has 4 aromatic rings. The summed E-state index contributed by atoms with van der Waals surface area (Å²) in [5.41, 5.74) is 1.06. The summed E-state index contributed by atoms with van der Waals surface area (Å²) in [7, 11) is 2.44. The van der Waals surface area contributed by atoms with E-state index in [1.165, 1.54) is 34.1 Å². The van der Waals surface area contributed by atoms with Crippen molar-refractivity contribution in [3.05, 3.63) is 64.3 Å². The number of aliphatic hydroxyl groups is 7. The summed E-state index contributed by atoms with van der Waals surface area (Å²) >= 11 is 0. The number of nitrogens with one attached hydrogen (secondary N) is 2. The predicted octanol–water partition coefficient (Wildman–Crippen LogP) is 2.13. The molecule has 10 rings (SSSR count). The van der Waals surface area contributed by atoms with Crippen LogP contribution >= 0.6 is 0 Å². The van der Waals surface area contributed by atoms with Crippen LogP contribution in [0.3, 0.4) is 0 Å². The van der Waals surface area contributed by atoms with Crippen molar-refractivity contribution in [1.82, 2.24) is 10.3 Å². The van der Waals surface area contributed by atoms with Crippen LogP contribution < -0.4 is 10.1 Å². The number of aromatic amines is 1. The number of aromatic nitrogens is 1. The molecular formula is C62H84N2O24. The Morgan fingerprint density at radius 3 is 1.88 bits per heavy atom. The fourth-order valence-electron chi connectivity index (χ4n) is 13.3. The Hall–Kier alpha value is -5.21. The van der Waals surface area contributed by atoms with Gasteiger partial charge >= 0.3 is 5.97 Å². The number of fused-ring (bicyclic) bond motifs is 3. The third-order valence-electron chi connectivity index (χ3n) is 18.3. The van der Waals surface area contributed by atoms with Crippen LogP contribution in [0.4, 0.5) is 0 Å². The van der Waals surface area contributed by atoms with Crippen LogP contribution in [-0.4, -0.2) is 224 Å². The number of rotatable bonds is 17. The van der Waals surface area contributed by atoms with Gasteiger partial charge in [-0.2, -0.15) is 0 Å². The number of phenols is 2. The second-order valence-electron chi connectivity index (χ2n) is 24.7. The minimum atomic E-state index is -1.67. The number of carbonyl (C=O) groups excluding carboxylic acids is 3. The second kappa shape index (κ2) is 26.6. The van der Waals surface area contributed by atoms with Crippen molar-refractivity contribution < 1.29 is 117 Å². The highest BCUT2D eigenvalue weighted by atomic mass is 16.7. The third-order valence-corrected chi connectivity index (χ3v) is 18.3. The Morgan fingerprint density at radius 1 is 0.727 bits per heavy atom. The minimum absolute atomic E-state index is 0.00705. The molecule has 0 unspecified atom stereocenters. The fourth-order valence-corrected chi connectivity index (χ4v) is 13.3. The Labute approximate surface area is 508 Å². The van der Waals surface area contributed by atoms with Gasteiger partial charge < -0.3 is 113 Å². The average Bonchev–Trinajstić information content (AvgIpc) is 0.891. The fraction of sp³-hybridized carbons (Fsp3) is 0.661. The van der Waals surface area contributed by atoms with Crippen LogP contribution in [0.5, 0.6) is 17.2 Å². The number of esters is 1. The molecule has 0 saturated carbocycles. The molecule has 26 heteroatoms. The van der Waals surface area contributed by atoms with Crippen LogP contribution in [-0.2, 0) is 74.5 Å². The Balaban J connectivity index is 0.939. The molecule has 0 radical (unpaired) electrons. The van der Waals surface area contributed by atoms with E-state index >= 15 is 4.79 Å². The molecule has 11 N–H and O–H groups in total. The Bertz CT molecular complexity index is 3150. The largest absolute Gasteiger partial charge is 0.507 e. The average molecular weight is 1240 g/mol. The zero-order chi connectivity index (χ0) is 63.5. The molecular weight excluding hydrogens is 1160 g/mol. The van der Waals surface area contributed by atoms with Crippen molar-refractivity contribution in [3.8, 4) is 17.2 Å². The van der Waals surface area contributed by atoms with E-state index in [1.807, 2.05) is 25.1 Å². The van der Waals surface area contributed by atoms with E-state index in [2.05, 4.69) is 10.3 Å². The number of aryl methyl sites for hydroxylation is 1. The molecule has 5 fully saturated rings. The van der Waals surface area contributed by atoms with Crippen LogP contribution in [0, 0.1) is 19.8 Å². The highest BCUT2D eigenvalue weighted by molar-refractivity contribution is 6.11. The number of methoxy groups -OCH3 is 2. The van der Waals surface area contributed by atoms with Gasteiger partial charge in [0.15, 0.2) is 30.9 Å². The van der Waals surface area contributed by atoms with Gasteiger partial charge in [0.2, 0.25) is 12.2 Å². The summed E-state index contributed by atoms with van der Waals surface area (Å²) in [5.74, 6) is -4.65. The van der Waals surface area contributed by atoms with Crippen molar-refractivity contribution >= 4 is 39.3 Å². The molecule has 6 heterocycles. The Morgan fingerprint density at radius 2 is 1.28 bits per heavy atom. The minimum Gasteiger partial charge on any atom is -0.507 e. The first-order chi connectivity index (χ1) is 41.7. The Kier molecular flexibility index (Phi) is 19.8. The summed E-state index contributed by atoms with van der Waals surface area (Å²) in [6.07, 6.45) is -22.0. The molecule has 26 nitrogen and oxygen atoms in total. The summed E-state index contributed by atoms with van der Waals surface area (Å²) in [6.45, 7) is 12.9. The van der Waals surface area contributed by atoms with E-state index in [0.29, 0.717) is 5.56 Å². The number of amides is 1. The lowest BCUT2D eigenvalue weighted by molar-refractivity contribution is -0.334. The van der Waals surface area contributed by atoms with Crippen molar-refractivity contribution in [1.29, 1.82) is 0 Å².